The highest BCUT2D eigenvalue weighted by atomic mass is 15.2. The molecule has 0 aromatic heterocycles. The van der Waals surface area contributed by atoms with Crippen LogP contribution in [0.3, 0.4) is 0 Å². The Balaban J connectivity index is 1.86. The second-order valence-corrected chi connectivity index (χ2v) is 8.85. The fourth-order valence-electron chi connectivity index (χ4n) is 6.90. The van der Waals surface area contributed by atoms with Crippen LogP contribution in [0.4, 0.5) is 0 Å². The van der Waals surface area contributed by atoms with Crippen LogP contribution in [0, 0.1) is 22.2 Å². The van der Waals surface area contributed by atoms with Crippen LogP contribution in [0.25, 0.3) is 0 Å². The van der Waals surface area contributed by atoms with E-state index in [0.717, 1.165) is 5.92 Å². The first-order chi connectivity index (χ1) is 8.93. The molecular formula is C17H32N2. The average Bonchev–Trinajstić information content (AvgIpc) is 2.24. The molecule has 3 N–H and O–H groups in total. The summed E-state index contributed by atoms with van der Waals surface area (Å²) < 4.78 is 0. The second kappa shape index (κ2) is 4.46. The molecule has 3 atom stereocenters. The highest BCUT2D eigenvalue weighted by molar-refractivity contribution is 5.13. The second-order valence-electron chi connectivity index (χ2n) is 8.85. The Kier molecular flexibility index (Phi) is 3.26. The van der Waals surface area contributed by atoms with Gasteiger partial charge in [-0.1, -0.05) is 33.6 Å². The Hall–Kier alpha value is -0.0800. The third-order valence-electron chi connectivity index (χ3n) is 6.46. The molecule has 0 aliphatic heterocycles. The maximum Gasteiger partial charge on any atom is 0.0267 e. The van der Waals surface area contributed by atoms with Crippen molar-refractivity contribution in [2.75, 3.05) is 0 Å². The third kappa shape index (κ3) is 2.25. The standard InChI is InChI=1S/C17H32N2/c1-4-5-6-14(19-18)17-9-13-7-15(2,11-17)10-16(3,8-13)12-17/h13-14,19H,4-12,18H2,1-3H3. The number of nitrogens with two attached hydrogens (primary N) is 1. The Morgan fingerprint density at radius 3 is 2.21 bits per heavy atom. The SMILES string of the molecule is CCCCC(NN)C12CC3CC(C)(CC(C)(C3)C1)C2. The van der Waals surface area contributed by atoms with E-state index < -0.39 is 0 Å². The van der Waals surface area contributed by atoms with Crippen molar-refractivity contribution in [1.82, 2.24) is 5.43 Å². The molecule has 0 amide bonds. The van der Waals surface area contributed by atoms with E-state index in [0.29, 0.717) is 22.3 Å². The first-order valence-electron chi connectivity index (χ1n) is 8.39. The van der Waals surface area contributed by atoms with Crippen molar-refractivity contribution in [1.29, 1.82) is 0 Å². The minimum Gasteiger partial charge on any atom is -0.271 e. The highest BCUT2D eigenvalue weighted by Crippen LogP contribution is 2.70. The van der Waals surface area contributed by atoms with E-state index in [1.54, 1.807) is 0 Å². The van der Waals surface area contributed by atoms with Gasteiger partial charge in [-0.2, -0.15) is 0 Å². The van der Waals surface area contributed by atoms with Crippen molar-refractivity contribution in [3.05, 3.63) is 0 Å². The Morgan fingerprint density at radius 1 is 1.11 bits per heavy atom. The normalized spacial score (nSPS) is 49.6. The summed E-state index contributed by atoms with van der Waals surface area (Å²) in [6.07, 6.45) is 12.6. The average molecular weight is 264 g/mol. The lowest BCUT2D eigenvalue weighted by Gasteiger charge is -2.67. The van der Waals surface area contributed by atoms with Crippen LogP contribution in [-0.2, 0) is 0 Å². The van der Waals surface area contributed by atoms with Gasteiger partial charge < -0.3 is 0 Å². The molecule has 4 rings (SSSR count). The van der Waals surface area contributed by atoms with Gasteiger partial charge in [0, 0.05) is 6.04 Å². The first-order valence-corrected chi connectivity index (χ1v) is 8.39. The van der Waals surface area contributed by atoms with E-state index in [2.05, 4.69) is 26.2 Å². The molecule has 19 heavy (non-hydrogen) atoms. The van der Waals surface area contributed by atoms with E-state index in [1.807, 2.05) is 0 Å². The zero-order valence-electron chi connectivity index (χ0n) is 13.1. The van der Waals surface area contributed by atoms with Crippen LogP contribution < -0.4 is 11.3 Å². The zero-order valence-corrected chi connectivity index (χ0v) is 13.1. The molecule has 4 bridgehead atoms. The van der Waals surface area contributed by atoms with Gasteiger partial charge in [0.2, 0.25) is 0 Å². The predicted octanol–water partition coefficient (Wildman–Crippen LogP) is 4.01. The van der Waals surface area contributed by atoms with Gasteiger partial charge in [0.1, 0.15) is 0 Å². The van der Waals surface area contributed by atoms with Gasteiger partial charge >= 0.3 is 0 Å². The monoisotopic (exact) mass is 264 g/mol. The Bertz CT molecular complexity index is 333. The number of hydrogen-bond donors (Lipinski definition) is 2. The van der Waals surface area contributed by atoms with Gasteiger partial charge in [0.25, 0.3) is 0 Å². The fourth-order valence-corrected chi connectivity index (χ4v) is 6.90. The molecule has 0 aromatic rings. The molecule has 0 spiro atoms. The van der Waals surface area contributed by atoms with Crippen molar-refractivity contribution >= 4 is 0 Å². The maximum atomic E-state index is 5.97. The first kappa shape index (κ1) is 13.9. The summed E-state index contributed by atoms with van der Waals surface area (Å²) in [7, 11) is 0. The molecule has 0 radical (unpaired) electrons. The van der Waals surface area contributed by atoms with Crippen LogP contribution in [0.1, 0.15) is 78.6 Å². The van der Waals surface area contributed by atoms with Crippen LogP contribution in [0.2, 0.25) is 0 Å². The van der Waals surface area contributed by atoms with Crippen molar-refractivity contribution in [2.24, 2.45) is 28.0 Å². The molecular weight excluding hydrogens is 232 g/mol. The van der Waals surface area contributed by atoms with Crippen molar-refractivity contribution < 1.29 is 0 Å². The van der Waals surface area contributed by atoms with Gasteiger partial charge in [0.05, 0.1) is 0 Å². The topological polar surface area (TPSA) is 38.0 Å². The lowest BCUT2D eigenvalue weighted by molar-refractivity contribution is -0.158. The van der Waals surface area contributed by atoms with Gasteiger partial charge in [-0.25, -0.2) is 0 Å². The summed E-state index contributed by atoms with van der Waals surface area (Å²) in [5.74, 6) is 6.95. The number of hydrazine groups is 1. The van der Waals surface area contributed by atoms with E-state index in [4.69, 9.17) is 5.84 Å². The fraction of sp³-hybridized carbons (Fsp3) is 1.00. The molecule has 4 saturated carbocycles. The minimum absolute atomic E-state index is 0.507. The van der Waals surface area contributed by atoms with E-state index >= 15 is 0 Å². The molecule has 0 saturated heterocycles. The van der Waals surface area contributed by atoms with Gasteiger partial charge in [-0.15, -0.1) is 0 Å². The summed E-state index contributed by atoms with van der Waals surface area (Å²) in [6.45, 7) is 7.39. The van der Waals surface area contributed by atoms with Crippen LogP contribution in [0.5, 0.6) is 0 Å². The highest BCUT2D eigenvalue weighted by Gasteiger charge is 2.61. The Morgan fingerprint density at radius 2 is 1.74 bits per heavy atom. The molecule has 4 fully saturated rings. The van der Waals surface area contributed by atoms with E-state index in [-0.39, 0.29) is 0 Å². The number of nitrogens with one attached hydrogen (secondary N) is 1. The molecule has 2 nitrogen and oxygen atoms in total. The van der Waals surface area contributed by atoms with Gasteiger partial charge in [-0.05, 0) is 67.1 Å². The molecule has 3 unspecified atom stereocenters. The van der Waals surface area contributed by atoms with Gasteiger partial charge in [-0.3, -0.25) is 11.3 Å². The summed E-state index contributed by atoms with van der Waals surface area (Å²) in [5.41, 5.74) is 4.95. The van der Waals surface area contributed by atoms with E-state index in [9.17, 15) is 0 Å². The molecule has 0 aromatic carbocycles. The molecule has 0 heterocycles. The van der Waals surface area contributed by atoms with Crippen LogP contribution >= 0.6 is 0 Å². The predicted molar refractivity (Wildman–Crippen MR) is 80.5 cm³/mol. The molecule has 2 heteroatoms. The lowest BCUT2D eigenvalue weighted by Crippen LogP contribution is -2.62. The lowest BCUT2D eigenvalue weighted by atomic mass is 9.39. The number of unbranched alkanes of at least 4 members (excludes halogenated alkanes) is 1. The van der Waals surface area contributed by atoms with Gasteiger partial charge in [0.15, 0.2) is 0 Å². The number of hydrogen-bond acceptors (Lipinski definition) is 2. The summed E-state index contributed by atoms with van der Waals surface area (Å²) in [4.78, 5) is 0. The number of rotatable bonds is 5. The van der Waals surface area contributed by atoms with Crippen LogP contribution in [-0.4, -0.2) is 6.04 Å². The summed E-state index contributed by atoms with van der Waals surface area (Å²) in [5, 5.41) is 0. The van der Waals surface area contributed by atoms with E-state index in [1.165, 1.54) is 57.8 Å². The minimum atomic E-state index is 0.507. The van der Waals surface area contributed by atoms with Crippen molar-refractivity contribution in [3.63, 3.8) is 0 Å². The molecule has 4 aliphatic carbocycles. The van der Waals surface area contributed by atoms with Crippen molar-refractivity contribution in [2.45, 2.75) is 84.6 Å². The molecule has 110 valence electrons. The summed E-state index contributed by atoms with van der Waals surface area (Å²) in [6, 6.07) is 0.550. The van der Waals surface area contributed by atoms with Crippen molar-refractivity contribution in [3.8, 4) is 0 Å². The largest absolute Gasteiger partial charge is 0.271 e. The summed E-state index contributed by atoms with van der Waals surface area (Å²) >= 11 is 0. The molecule has 4 aliphatic rings. The van der Waals surface area contributed by atoms with Crippen LogP contribution in [0.15, 0.2) is 0 Å². The zero-order chi connectivity index (χ0) is 13.7. The quantitative estimate of drug-likeness (QED) is 0.582. The Labute approximate surface area is 118 Å². The maximum absolute atomic E-state index is 5.97. The smallest absolute Gasteiger partial charge is 0.0267 e. The third-order valence-corrected chi connectivity index (χ3v) is 6.46.